The van der Waals surface area contributed by atoms with Crippen molar-refractivity contribution in [3.63, 3.8) is 0 Å². The first kappa shape index (κ1) is 17.1. The number of nitrogens with zero attached hydrogens (tertiary/aromatic N) is 2. The smallest absolute Gasteiger partial charge is 0.270 e. The molecule has 19 heavy (non-hydrogen) atoms. The standard InChI is InChI=1S/C11H16N4O3.ClH/c1-7(6-12)14(2)11(16)9-5-8(15(17)18)3-4-10(9)13;/h3-5,7H,6,12-13H2,1-2H3;1H. The van der Waals surface area contributed by atoms with Crippen molar-refractivity contribution in [2.45, 2.75) is 13.0 Å². The lowest BCUT2D eigenvalue weighted by molar-refractivity contribution is -0.384. The number of hydrogen-bond donors (Lipinski definition) is 2. The molecule has 0 aliphatic heterocycles. The van der Waals surface area contributed by atoms with Crippen molar-refractivity contribution in [3.05, 3.63) is 33.9 Å². The van der Waals surface area contributed by atoms with Crippen LogP contribution in [-0.2, 0) is 0 Å². The van der Waals surface area contributed by atoms with E-state index in [1.165, 1.54) is 23.1 Å². The molecule has 0 aliphatic carbocycles. The zero-order chi connectivity index (χ0) is 13.9. The summed E-state index contributed by atoms with van der Waals surface area (Å²) in [7, 11) is 1.58. The van der Waals surface area contributed by atoms with Gasteiger partial charge in [-0.25, -0.2) is 0 Å². The summed E-state index contributed by atoms with van der Waals surface area (Å²) in [6.07, 6.45) is 0. The maximum absolute atomic E-state index is 12.1. The predicted molar refractivity (Wildman–Crippen MR) is 75.4 cm³/mol. The van der Waals surface area contributed by atoms with Gasteiger partial charge in [-0.05, 0) is 13.0 Å². The highest BCUT2D eigenvalue weighted by Gasteiger charge is 2.21. The number of halogens is 1. The predicted octanol–water partition coefficient (Wildman–Crippen LogP) is 1.02. The van der Waals surface area contributed by atoms with E-state index < -0.39 is 4.92 Å². The van der Waals surface area contributed by atoms with Crippen molar-refractivity contribution in [2.75, 3.05) is 19.3 Å². The molecular formula is C11H17ClN4O3. The number of carbonyl (C=O) groups excluding carboxylic acids is 1. The summed E-state index contributed by atoms with van der Waals surface area (Å²) in [4.78, 5) is 23.6. The minimum Gasteiger partial charge on any atom is -0.398 e. The zero-order valence-electron chi connectivity index (χ0n) is 10.7. The number of amides is 1. The molecule has 0 saturated carbocycles. The van der Waals surface area contributed by atoms with Gasteiger partial charge in [-0.3, -0.25) is 14.9 Å². The molecular weight excluding hydrogens is 272 g/mol. The third-order valence-electron chi connectivity index (χ3n) is 2.80. The Balaban J connectivity index is 0.00000324. The van der Waals surface area contributed by atoms with Crippen molar-refractivity contribution >= 4 is 29.7 Å². The Hall–Kier alpha value is -1.86. The fraction of sp³-hybridized carbons (Fsp3) is 0.364. The monoisotopic (exact) mass is 288 g/mol. The first-order valence-corrected chi connectivity index (χ1v) is 5.39. The topological polar surface area (TPSA) is 115 Å². The van der Waals surface area contributed by atoms with Crippen molar-refractivity contribution in [1.29, 1.82) is 0 Å². The quantitative estimate of drug-likeness (QED) is 0.487. The molecule has 1 amide bonds. The lowest BCUT2D eigenvalue weighted by Gasteiger charge is -2.24. The van der Waals surface area contributed by atoms with Gasteiger partial charge in [0.15, 0.2) is 0 Å². The maximum Gasteiger partial charge on any atom is 0.270 e. The minimum absolute atomic E-state index is 0. The van der Waals surface area contributed by atoms with Crippen LogP contribution in [0.4, 0.5) is 11.4 Å². The molecule has 0 radical (unpaired) electrons. The summed E-state index contributed by atoms with van der Waals surface area (Å²) in [5, 5.41) is 10.7. The number of nitro groups is 1. The zero-order valence-corrected chi connectivity index (χ0v) is 11.5. The number of benzene rings is 1. The van der Waals surface area contributed by atoms with E-state index in [4.69, 9.17) is 11.5 Å². The van der Waals surface area contributed by atoms with E-state index >= 15 is 0 Å². The fourth-order valence-corrected chi connectivity index (χ4v) is 1.39. The Kier molecular flexibility index (Phi) is 6.23. The minimum atomic E-state index is -0.567. The maximum atomic E-state index is 12.1. The number of nitro benzene ring substituents is 1. The van der Waals surface area contributed by atoms with Gasteiger partial charge >= 0.3 is 0 Å². The fourth-order valence-electron chi connectivity index (χ4n) is 1.39. The Morgan fingerprint density at radius 2 is 2.11 bits per heavy atom. The molecule has 0 fully saturated rings. The van der Waals surface area contributed by atoms with Crippen LogP contribution in [0.3, 0.4) is 0 Å². The van der Waals surface area contributed by atoms with Gasteiger partial charge in [-0.15, -0.1) is 12.4 Å². The van der Waals surface area contributed by atoms with E-state index in [1.54, 1.807) is 14.0 Å². The number of nitrogens with two attached hydrogens (primary N) is 2. The van der Waals surface area contributed by atoms with E-state index in [-0.39, 0.29) is 41.3 Å². The van der Waals surface area contributed by atoms with Gasteiger partial charge in [0.05, 0.1) is 10.5 Å². The molecule has 106 valence electrons. The molecule has 8 heteroatoms. The van der Waals surface area contributed by atoms with Crippen molar-refractivity contribution in [1.82, 2.24) is 4.90 Å². The van der Waals surface area contributed by atoms with E-state index in [0.717, 1.165) is 0 Å². The molecule has 1 aromatic carbocycles. The highest BCUT2D eigenvalue weighted by Crippen LogP contribution is 2.21. The summed E-state index contributed by atoms with van der Waals surface area (Å²) in [6.45, 7) is 2.09. The molecule has 0 spiro atoms. The number of nitrogen functional groups attached to an aromatic ring is 1. The third kappa shape index (κ3) is 3.80. The normalized spacial score (nSPS) is 11.3. The van der Waals surface area contributed by atoms with Gasteiger partial charge < -0.3 is 16.4 Å². The van der Waals surface area contributed by atoms with Gasteiger partial charge in [0.1, 0.15) is 0 Å². The highest BCUT2D eigenvalue weighted by atomic mass is 35.5. The second kappa shape index (κ2) is 6.91. The molecule has 0 heterocycles. The van der Waals surface area contributed by atoms with Gasteiger partial charge in [-0.1, -0.05) is 0 Å². The molecule has 1 unspecified atom stereocenters. The summed E-state index contributed by atoms with van der Waals surface area (Å²) in [6, 6.07) is 3.62. The van der Waals surface area contributed by atoms with E-state index in [1.807, 2.05) is 0 Å². The summed E-state index contributed by atoms with van der Waals surface area (Å²) in [5.41, 5.74) is 11.3. The first-order valence-electron chi connectivity index (χ1n) is 5.39. The summed E-state index contributed by atoms with van der Waals surface area (Å²) >= 11 is 0. The molecule has 7 nitrogen and oxygen atoms in total. The van der Waals surface area contributed by atoms with Gasteiger partial charge in [-0.2, -0.15) is 0 Å². The molecule has 4 N–H and O–H groups in total. The van der Waals surface area contributed by atoms with Crippen molar-refractivity contribution in [3.8, 4) is 0 Å². The second-order valence-electron chi connectivity index (χ2n) is 4.03. The van der Waals surface area contributed by atoms with Crippen LogP contribution in [0.2, 0.25) is 0 Å². The molecule has 0 aromatic heterocycles. The molecule has 1 atom stereocenters. The van der Waals surface area contributed by atoms with E-state index in [0.29, 0.717) is 6.54 Å². The average molecular weight is 289 g/mol. The number of rotatable bonds is 4. The Morgan fingerprint density at radius 3 is 2.58 bits per heavy atom. The Labute approximate surface area is 117 Å². The Morgan fingerprint density at radius 1 is 1.53 bits per heavy atom. The SMILES string of the molecule is CC(CN)N(C)C(=O)c1cc([N+](=O)[O-])ccc1N.Cl. The van der Waals surface area contributed by atoms with Gasteiger partial charge in [0, 0.05) is 37.5 Å². The average Bonchev–Trinajstić information content (AvgIpc) is 2.36. The van der Waals surface area contributed by atoms with Crippen LogP contribution in [0.25, 0.3) is 0 Å². The largest absolute Gasteiger partial charge is 0.398 e. The first-order chi connectivity index (χ1) is 8.38. The van der Waals surface area contributed by atoms with Crippen LogP contribution in [-0.4, -0.2) is 35.4 Å². The molecule has 0 saturated heterocycles. The lowest BCUT2D eigenvalue weighted by atomic mass is 10.1. The number of non-ortho nitro benzene ring substituents is 1. The molecule has 1 aromatic rings. The third-order valence-corrected chi connectivity index (χ3v) is 2.80. The lowest BCUT2D eigenvalue weighted by Crippen LogP contribution is -2.40. The second-order valence-corrected chi connectivity index (χ2v) is 4.03. The number of anilines is 1. The van der Waals surface area contributed by atoms with Crippen LogP contribution in [0.1, 0.15) is 17.3 Å². The highest BCUT2D eigenvalue weighted by molar-refractivity contribution is 5.99. The number of likely N-dealkylation sites (N-methyl/N-ethyl adjacent to an activating group) is 1. The van der Waals surface area contributed by atoms with Crippen LogP contribution in [0.5, 0.6) is 0 Å². The van der Waals surface area contributed by atoms with Gasteiger partial charge in [0.2, 0.25) is 0 Å². The van der Waals surface area contributed by atoms with E-state index in [9.17, 15) is 14.9 Å². The number of hydrogen-bond acceptors (Lipinski definition) is 5. The number of carbonyl (C=O) groups is 1. The van der Waals surface area contributed by atoms with Crippen molar-refractivity contribution < 1.29 is 9.72 Å². The van der Waals surface area contributed by atoms with Crippen LogP contribution in [0.15, 0.2) is 18.2 Å². The molecule has 1 rings (SSSR count). The van der Waals surface area contributed by atoms with E-state index in [2.05, 4.69) is 0 Å². The Bertz CT molecular complexity index is 481. The van der Waals surface area contributed by atoms with Crippen LogP contribution >= 0.6 is 12.4 Å². The summed E-state index contributed by atoms with van der Waals surface area (Å²) in [5.74, 6) is -0.380. The summed E-state index contributed by atoms with van der Waals surface area (Å²) < 4.78 is 0. The van der Waals surface area contributed by atoms with Crippen LogP contribution in [0, 0.1) is 10.1 Å². The van der Waals surface area contributed by atoms with Crippen molar-refractivity contribution in [2.24, 2.45) is 5.73 Å². The molecule has 0 aliphatic rings. The molecule has 0 bridgehead atoms. The van der Waals surface area contributed by atoms with Crippen LogP contribution < -0.4 is 11.5 Å². The van der Waals surface area contributed by atoms with Gasteiger partial charge in [0.25, 0.3) is 11.6 Å².